The molecule has 154 valence electrons. The minimum atomic E-state index is -0.315. The predicted molar refractivity (Wildman–Crippen MR) is 113 cm³/mol. The Kier molecular flexibility index (Phi) is 5.81. The molecule has 2 saturated heterocycles. The van der Waals surface area contributed by atoms with Crippen molar-refractivity contribution in [3.63, 3.8) is 0 Å². The number of piperidine rings is 1. The number of nitrogens with zero attached hydrogens (tertiary/aromatic N) is 4. The standard InChI is InChI=1S/C23H30N4O2/c1-16(2)26-11-9-19(10-12-26)21-14-22(25-17(3)24-21)27-20(15-29-23(27)28)13-18-7-5-4-6-8-18/h4-8,14,16,19-20H,9-13,15H2,1-3H3/t20-/m0/s1. The lowest BCUT2D eigenvalue weighted by Gasteiger charge is -2.34. The first-order valence-electron chi connectivity index (χ1n) is 10.6. The molecule has 6 nitrogen and oxygen atoms in total. The van der Waals surface area contributed by atoms with Crippen molar-refractivity contribution in [2.24, 2.45) is 0 Å². The number of likely N-dealkylation sites (tertiary alicyclic amines) is 1. The summed E-state index contributed by atoms with van der Waals surface area (Å²) in [6.07, 6.45) is 2.61. The number of anilines is 1. The van der Waals surface area contributed by atoms with Gasteiger partial charge in [0.15, 0.2) is 0 Å². The molecule has 0 bridgehead atoms. The van der Waals surface area contributed by atoms with Crippen LogP contribution in [0.2, 0.25) is 0 Å². The molecule has 1 atom stereocenters. The Morgan fingerprint density at radius 2 is 1.86 bits per heavy atom. The minimum Gasteiger partial charge on any atom is -0.447 e. The van der Waals surface area contributed by atoms with E-state index in [9.17, 15) is 4.79 Å². The Morgan fingerprint density at radius 3 is 2.55 bits per heavy atom. The molecular weight excluding hydrogens is 364 g/mol. The van der Waals surface area contributed by atoms with Gasteiger partial charge in [0.1, 0.15) is 18.2 Å². The maximum Gasteiger partial charge on any atom is 0.415 e. The molecule has 0 aliphatic carbocycles. The van der Waals surface area contributed by atoms with E-state index in [1.54, 1.807) is 4.90 Å². The third-order valence-electron chi connectivity index (χ3n) is 6.04. The van der Waals surface area contributed by atoms with E-state index in [4.69, 9.17) is 9.72 Å². The second-order valence-electron chi connectivity index (χ2n) is 8.39. The van der Waals surface area contributed by atoms with Gasteiger partial charge in [-0.25, -0.2) is 14.8 Å². The van der Waals surface area contributed by atoms with Crippen LogP contribution in [0.25, 0.3) is 0 Å². The number of hydrogen-bond acceptors (Lipinski definition) is 5. The van der Waals surface area contributed by atoms with Crippen molar-refractivity contribution in [3.8, 4) is 0 Å². The number of carbonyl (C=O) groups is 1. The van der Waals surface area contributed by atoms with Crippen molar-refractivity contribution in [1.29, 1.82) is 0 Å². The maximum absolute atomic E-state index is 12.5. The van der Waals surface area contributed by atoms with Crippen LogP contribution in [-0.4, -0.2) is 52.7 Å². The minimum absolute atomic E-state index is 0.0464. The molecule has 2 aliphatic heterocycles. The van der Waals surface area contributed by atoms with Gasteiger partial charge in [-0.05, 0) is 58.7 Å². The van der Waals surface area contributed by atoms with Crippen LogP contribution in [-0.2, 0) is 11.2 Å². The third-order valence-corrected chi connectivity index (χ3v) is 6.04. The molecule has 1 amide bonds. The molecule has 0 N–H and O–H groups in total. The van der Waals surface area contributed by atoms with Crippen molar-refractivity contribution in [2.75, 3.05) is 24.6 Å². The van der Waals surface area contributed by atoms with Crippen molar-refractivity contribution < 1.29 is 9.53 Å². The zero-order chi connectivity index (χ0) is 20.4. The van der Waals surface area contributed by atoms with E-state index in [-0.39, 0.29) is 12.1 Å². The SMILES string of the molecule is Cc1nc(C2CCN(C(C)C)CC2)cc(N2C(=O)OC[C@@H]2Cc2ccccc2)n1. The second kappa shape index (κ2) is 8.49. The van der Waals surface area contributed by atoms with E-state index in [0.717, 1.165) is 38.0 Å². The third kappa shape index (κ3) is 4.42. The summed E-state index contributed by atoms with van der Waals surface area (Å²) in [4.78, 5) is 26.1. The average Bonchev–Trinajstić information content (AvgIpc) is 3.08. The van der Waals surface area contributed by atoms with Gasteiger partial charge in [-0.1, -0.05) is 30.3 Å². The van der Waals surface area contributed by atoms with E-state index >= 15 is 0 Å². The van der Waals surface area contributed by atoms with E-state index in [0.29, 0.717) is 30.2 Å². The lowest BCUT2D eigenvalue weighted by atomic mass is 9.92. The Morgan fingerprint density at radius 1 is 1.14 bits per heavy atom. The first kappa shape index (κ1) is 19.8. The summed E-state index contributed by atoms with van der Waals surface area (Å²) in [6, 6.07) is 12.8. The molecule has 29 heavy (non-hydrogen) atoms. The predicted octanol–water partition coefficient (Wildman–Crippen LogP) is 3.94. The molecule has 4 rings (SSSR count). The average molecular weight is 395 g/mol. The van der Waals surface area contributed by atoms with Crippen LogP contribution >= 0.6 is 0 Å². The largest absolute Gasteiger partial charge is 0.447 e. The highest BCUT2D eigenvalue weighted by molar-refractivity contribution is 5.89. The molecule has 2 aromatic rings. The second-order valence-corrected chi connectivity index (χ2v) is 8.39. The summed E-state index contributed by atoms with van der Waals surface area (Å²) in [5, 5.41) is 0. The Labute approximate surface area is 172 Å². The van der Waals surface area contributed by atoms with Gasteiger partial charge in [0.05, 0.1) is 6.04 Å². The molecule has 0 saturated carbocycles. The van der Waals surface area contributed by atoms with Gasteiger partial charge in [-0.2, -0.15) is 0 Å². The van der Waals surface area contributed by atoms with E-state index in [2.05, 4.69) is 35.9 Å². The number of ether oxygens (including phenoxy) is 1. The number of aryl methyl sites for hydroxylation is 1. The molecule has 6 heteroatoms. The lowest BCUT2D eigenvalue weighted by molar-refractivity contribution is 0.170. The number of benzene rings is 1. The number of cyclic esters (lactones) is 1. The number of amides is 1. The summed E-state index contributed by atoms with van der Waals surface area (Å²) in [5.74, 6) is 1.79. The van der Waals surface area contributed by atoms with Crippen LogP contribution in [0.15, 0.2) is 36.4 Å². The maximum atomic E-state index is 12.5. The molecule has 1 aromatic carbocycles. The fourth-order valence-electron chi connectivity index (χ4n) is 4.40. The summed E-state index contributed by atoms with van der Waals surface area (Å²) in [7, 11) is 0. The van der Waals surface area contributed by atoms with Gasteiger partial charge >= 0.3 is 6.09 Å². The van der Waals surface area contributed by atoms with Gasteiger partial charge in [-0.3, -0.25) is 4.90 Å². The molecule has 3 heterocycles. The smallest absolute Gasteiger partial charge is 0.415 e. The van der Waals surface area contributed by atoms with Crippen molar-refractivity contribution in [2.45, 2.75) is 58.0 Å². The summed E-state index contributed by atoms with van der Waals surface area (Å²) < 4.78 is 5.39. The first-order chi connectivity index (χ1) is 14.0. The molecule has 2 aliphatic rings. The van der Waals surface area contributed by atoms with Gasteiger partial charge in [0, 0.05) is 23.7 Å². The monoisotopic (exact) mass is 394 g/mol. The zero-order valence-corrected chi connectivity index (χ0v) is 17.5. The van der Waals surface area contributed by atoms with Crippen LogP contribution in [0.4, 0.5) is 10.6 Å². The number of hydrogen-bond donors (Lipinski definition) is 0. The summed E-state index contributed by atoms with van der Waals surface area (Å²) >= 11 is 0. The number of aromatic nitrogens is 2. The van der Waals surface area contributed by atoms with E-state index in [1.807, 2.05) is 31.2 Å². The molecule has 0 radical (unpaired) electrons. The molecule has 0 unspecified atom stereocenters. The summed E-state index contributed by atoms with van der Waals surface area (Å²) in [5.41, 5.74) is 2.24. The van der Waals surface area contributed by atoms with E-state index < -0.39 is 0 Å². The lowest BCUT2D eigenvalue weighted by Crippen LogP contribution is -2.38. The van der Waals surface area contributed by atoms with Crippen LogP contribution < -0.4 is 4.90 Å². The molecule has 0 spiro atoms. The Hall–Kier alpha value is -2.47. The number of carbonyl (C=O) groups excluding carboxylic acids is 1. The van der Waals surface area contributed by atoms with Crippen LogP contribution in [0.1, 0.15) is 49.7 Å². The van der Waals surface area contributed by atoms with E-state index in [1.165, 1.54) is 5.56 Å². The highest BCUT2D eigenvalue weighted by Crippen LogP contribution is 2.31. The van der Waals surface area contributed by atoms with Crippen LogP contribution in [0.3, 0.4) is 0 Å². The zero-order valence-electron chi connectivity index (χ0n) is 17.5. The van der Waals surface area contributed by atoms with Gasteiger partial charge in [-0.15, -0.1) is 0 Å². The molecule has 2 fully saturated rings. The van der Waals surface area contributed by atoms with Gasteiger partial charge in [0.25, 0.3) is 0 Å². The molecule has 1 aromatic heterocycles. The van der Waals surface area contributed by atoms with Gasteiger partial charge < -0.3 is 9.64 Å². The van der Waals surface area contributed by atoms with Crippen molar-refractivity contribution in [3.05, 3.63) is 53.5 Å². The highest BCUT2D eigenvalue weighted by atomic mass is 16.6. The highest BCUT2D eigenvalue weighted by Gasteiger charge is 2.36. The van der Waals surface area contributed by atoms with Crippen molar-refractivity contribution >= 4 is 11.9 Å². The molecular formula is C23H30N4O2. The van der Waals surface area contributed by atoms with Crippen molar-refractivity contribution in [1.82, 2.24) is 14.9 Å². The fraction of sp³-hybridized carbons (Fsp3) is 0.522. The Balaban J connectivity index is 1.55. The Bertz CT molecular complexity index is 847. The van der Waals surface area contributed by atoms with Gasteiger partial charge in [0.2, 0.25) is 0 Å². The first-order valence-corrected chi connectivity index (χ1v) is 10.6. The number of rotatable bonds is 5. The summed E-state index contributed by atoms with van der Waals surface area (Å²) in [6.45, 7) is 8.97. The topological polar surface area (TPSA) is 58.6 Å². The fourth-order valence-corrected chi connectivity index (χ4v) is 4.40. The van der Waals surface area contributed by atoms with Crippen LogP contribution in [0, 0.1) is 6.92 Å². The normalized spacial score (nSPS) is 21.0. The van der Waals surface area contributed by atoms with Crippen LogP contribution in [0.5, 0.6) is 0 Å². The quantitative estimate of drug-likeness (QED) is 0.769.